The second-order valence-electron chi connectivity index (χ2n) is 5.87. The molecule has 1 aliphatic rings. The fourth-order valence-electron chi connectivity index (χ4n) is 2.59. The van der Waals surface area contributed by atoms with Gasteiger partial charge in [0.15, 0.2) is 5.96 Å². The molecule has 3 N–H and O–H groups in total. The first-order valence-electron chi connectivity index (χ1n) is 8.05. The first-order chi connectivity index (χ1) is 10.6. The summed E-state index contributed by atoms with van der Waals surface area (Å²) in [4.78, 5) is 6.84. The molecule has 1 aromatic rings. The molecule has 5 nitrogen and oxygen atoms in total. The smallest absolute Gasteiger partial charge is 0.188 e. The molecule has 0 spiro atoms. The van der Waals surface area contributed by atoms with Crippen LogP contribution in [0.2, 0.25) is 0 Å². The average molecular weight is 304 g/mol. The van der Waals surface area contributed by atoms with Crippen molar-refractivity contribution in [3.8, 4) is 0 Å². The number of nitrogens with zero attached hydrogens (tertiary/aromatic N) is 2. The lowest BCUT2D eigenvalue weighted by molar-refractivity contribution is 0.0376. The van der Waals surface area contributed by atoms with Crippen molar-refractivity contribution in [3.05, 3.63) is 34.9 Å². The fraction of sp³-hybridized carbons (Fsp3) is 0.588. The molecule has 0 aliphatic carbocycles. The Labute approximate surface area is 133 Å². The molecule has 5 heteroatoms. The van der Waals surface area contributed by atoms with E-state index in [1.54, 1.807) is 0 Å². The van der Waals surface area contributed by atoms with Crippen molar-refractivity contribution in [3.63, 3.8) is 0 Å². The number of benzene rings is 1. The summed E-state index contributed by atoms with van der Waals surface area (Å²) in [5.74, 6) is 0.530. The van der Waals surface area contributed by atoms with Crippen molar-refractivity contribution in [2.45, 2.75) is 26.8 Å². The van der Waals surface area contributed by atoms with Gasteiger partial charge in [-0.15, -0.1) is 0 Å². The summed E-state index contributed by atoms with van der Waals surface area (Å²) in [6.07, 6.45) is 1.07. The van der Waals surface area contributed by atoms with Crippen LogP contribution >= 0.6 is 0 Å². The van der Waals surface area contributed by atoms with Crippen molar-refractivity contribution in [1.29, 1.82) is 0 Å². The van der Waals surface area contributed by atoms with Gasteiger partial charge < -0.3 is 15.8 Å². The molecule has 0 unspecified atom stereocenters. The number of guanidine groups is 1. The van der Waals surface area contributed by atoms with Gasteiger partial charge in [-0.25, -0.2) is 4.99 Å². The number of nitrogens with two attached hydrogens (primary N) is 1. The van der Waals surface area contributed by atoms with E-state index in [0.29, 0.717) is 12.5 Å². The summed E-state index contributed by atoms with van der Waals surface area (Å²) in [5, 5.41) is 3.19. The van der Waals surface area contributed by atoms with Crippen molar-refractivity contribution >= 4 is 5.96 Å². The number of hydrogen-bond acceptors (Lipinski definition) is 3. The topological polar surface area (TPSA) is 62.9 Å². The van der Waals surface area contributed by atoms with Crippen LogP contribution in [-0.4, -0.2) is 50.3 Å². The van der Waals surface area contributed by atoms with E-state index in [4.69, 9.17) is 10.5 Å². The Balaban J connectivity index is 1.66. The molecule has 1 aliphatic heterocycles. The molecule has 22 heavy (non-hydrogen) atoms. The van der Waals surface area contributed by atoms with Crippen LogP contribution in [-0.2, 0) is 11.3 Å². The van der Waals surface area contributed by atoms with Crippen molar-refractivity contribution in [1.82, 2.24) is 10.2 Å². The van der Waals surface area contributed by atoms with E-state index < -0.39 is 0 Å². The zero-order valence-electron chi connectivity index (χ0n) is 13.8. The van der Waals surface area contributed by atoms with Crippen LogP contribution < -0.4 is 11.1 Å². The normalized spacial score (nSPS) is 16.7. The molecule has 0 bridgehead atoms. The van der Waals surface area contributed by atoms with Crippen LogP contribution in [0.15, 0.2) is 23.2 Å². The van der Waals surface area contributed by atoms with Gasteiger partial charge in [0.05, 0.1) is 19.8 Å². The van der Waals surface area contributed by atoms with E-state index in [1.165, 1.54) is 16.7 Å². The highest BCUT2D eigenvalue weighted by Crippen LogP contribution is 2.11. The lowest BCUT2D eigenvalue weighted by atomic mass is 10.1. The van der Waals surface area contributed by atoms with Gasteiger partial charge in [0.1, 0.15) is 0 Å². The van der Waals surface area contributed by atoms with Crippen LogP contribution in [0, 0.1) is 13.8 Å². The molecule has 0 amide bonds. The zero-order chi connectivity index (χ0) is 15.8. The summed E-state index contributed by atoms with van der Waals surface area (Å²) in [6.45, 7) is 10.6. The number of aliphatic imine (C=N–C) groups is 1. The summed E-state index contributed by atoms with van der Waals surface area (Å²) < 4.78 is 5.34. The average Bonchev–Trinajstić information content (AvgIpc) is 2.52. The van der Waals surface area contributed by atoms with Gasteiger partial charge in [0, 0.05) is 19.6 Å². The van der Waals surface area contributed by atoms with Gasteiger partial charge in [-0.2, -0.15) is 0 Å². The molecule has 0 aromatic heterocycles. The summed E-state index contributed by atoms with van der Waals surface area (Å²) in [5.41, 5.74) is 9.70. The maximum atomic E-state index is 5.93. The molecule has 1 saturated heterocycles. The van der Waals surface area contributed by atoms with Gasteiger partial charge in [-0.05, 0) is 37.9 Å². The van der Waals surface area contributed by atoms with E-state index in [1.807, 2.05) is 0 Å². The monoisotopic (exact) mass is 304 g/mol. The molecular weight excluding hydrogens is 276 g/mol. The predicted molar refractivity (Wildman–Crippen MR) is 91.1 cm³/mol. The minimum atomic E-state index is 0.530. The number of ether oxygens (including phenoxy) is 1. The van der Waals surface area contributed by atoms with E-state index in [2.05, 4.69) is 47.3 Å². The molecule has 0 saturated carbocycles. The molecule has 2 rings (SSSR count). The van der Waals surface area contributed by atoms with Gasteiger partial charge in [0.25, 0.3) is 0 Å². The van der Waals surface area contributed by atoms with E-state index in [-0.39, 0.29) is 0 Å². The minimum Gasteiger partial charge on any atom is -0.379 e. The van der Waals surface area contributed by atoms with Crippen molar-refractivity contribution in [2.75, 3.05) is 39.4 Å². The standard InChI is InChI=1S/C17H28N4O/c1-14-4-5-16(15(2)12-14)13-20-17(18)19-6-3-7-21-8-10-22-11-9-21/h4-5,12H,3,6-11,13H2,1-2H3,(H3,18,19,20). The molecule has 1 aromatic carbocycles. The molecule has 1 heterocycles. The van der Waals surface area contributed by atoms with Crippen molar-refractivity contribution in [2.24, 2.45) is 10.7 Å². The number of morpholine rings is 1. The second kappa shape index (κ2) is 8.76. The first-order valence-corrected chi connectivity index (χ1v) is 8.05. The molecule has 0 atom stereocenters. The Kier molecular flexibility index (Phi) is 6.68. The van der Waals surface area contributed by atoms with E-state index in [9.17, 15) is 0 Å². The van der Waals surface area contributed by atoms with Gasteiger partial charge in [-0.1, -0.05) is 23.8 Å². The van der Waals surface area contributed by atoms with Crippen molar-refractivity contribution < 1.29 is 4.74 Å². The maximum absolute atomic E-state index is 5.93. The zero-order valence-corrected chi connectivity index (χ0v) is 13.8. The molecule has 0 radical (unpaired) electrons. The van der Waals surface area contributed by atoms with Crippen LogP contribution in [0.1, 0.15) is 23.1 Å². The predicted octanol–water partition coefficient (Wildman–Crippen LogP) is 1.43. The Morgan fingerprint density at radius 2 is 2.09 bits per heavy atom. The lowest BCUT2D eigenvalue weighted by Crippen LogP contribution is -2.39. The third kappa shape index (κ3) is 5.66. The Morgan fingerprint density at radius 3 is 2.82 bits per heavy atom. The summed E-state index contributed by atoms with van der Waals surface area (Å²) in [7, 11) is 0. The quantitative estimate of drug-likeness (QED) is 0.474. The van der Waals surface area contributed by atoms with E-state index >= 15 is 0 Å². The SMILES string of the molecule is Cc1ccc(CN=C(N)NCCCN2CCOCC2)c(C)c1. The van der Waals surface area contributed by atoms with Crippen LogP contribution in [0.3, 0.4) is 0 Å². The summed E-state index contributed by atoms with van der Waals surface area (Å²) in [6, 6.07) is 6.42. The van der Waals surface area contributed by atoms with Gasteiger partial charge >= 0.3 is 0 Å². The maximum Gasteiger partial charge on any atom is 0.188 e. The molecule has 122 valence electrons. The number of hydrogen-bond donors (Lipinski definition) is 2. The Bertz CT molecular complexity index is 495. The fourth-order valence-corrected chi connectivity index (χ4v) is 2.59. The van der Waals surface area contributed by atoms with Gasteiger partial charge in [-0.3, -0.25) is 4.90 Å². The highest BCUT2D eigenvalue weighted by atomic mass is 16.5. The van der Waals surface area contributed by atoms with Gasteiger partial charge in [0.2, 0.25) is 0 Å². The van der Waals surface area contributed by atoms with Crippen LogP contribution in [0.25, 0.3) is 0 Å². The highest BCUT2D eigenvalue weighted by Gasteiger charge is 2.08. The number of nitrogens with one attached hydrogen (secondary N) is 1. The summed E-state index contributed by atoms with van der Waals surface area (Å²) >= 11 is 0. The third-order valence-corrected chi connectivity index (χ3v) is 3.98. The Hall–Kier alpha value is -1.59. The molecule has 1 fully saturated rings. The second-order valence-corrected chi connectivity index (χ2v) is 5.87. The third-order valence-electron chi connectivity index (χ3n) is 3.98. The number of aryl methyl sites for hydroxylation is 2. The highest BCUT2D eigenvalue weighted by molar-refractivity contribution is 5.77. The van der Waals surface area contributed by atoms with E-state index in [0.717, 1.165) is 45.8 Å². The number of rotatable bonds is 6. The molecular formula is C17H28N4O. The lowest BCUT2D eigenvalue weighted by Gasteiger charge is -2.26. The Morgan fingerprint density at radius 1 is 1.32 bits per heavy atom. The minimum absolute atomic E-state index is 0.530. The first kappa shape index (κ1) is 16.8. The van der Waals surface area contributed by atoms with Crippen LogP contribution in [0.5, 0.6) is 0 Å². The largest absolute Gasteiger partial charge is 0.379 e. The van der Waals surface area contributed by atoms with Crippen LogP contribution in [0.4, 0.5) is 0 Å².